The number of anilines is 1. The second-order valence-corrected chi connectivity index (χ2v) is 8.26. The summed E-state index contributed by atoms with van der Waals surface area (Å²) in [7, 11) is 1.60. The molecule has 1 amide bonds. The van der Waals surface area contributed by atoms with E-state index in [4.69, 9.17) is 16.3 Å². The van der Waals surface area contributed by atoms with Crippen molar-refractivity contribution in [2.75, 3.05) is 11.9 Å². The van der Waals surface area contributed by atoms with E-state index < -0.39 is 11.7 Å². The van der Waals surface area contributed by atoms with Crippen molar-refractivity contribution in [3.05, 3.63) is 41.3 Å². The molecule has 148 valence electrons. The summed E-state index contributed by atoms with van der Waals surface area (Å²) in [6, 6.07) is 5.25. The molecule has 3 heterocycles. The summed E-state index contributed by atoms with van der Waals surface area (Å²) in [6.07, 6.45) is 2.82. The Hall–Kier alpha value is -2.32. The van der Waals surface area contributed by atoms with Gasteiger partial charge in [-0.25, -0.2) is 18.7 Å². The maximum Gasteiger partial charge on any atom is 0.415 e. The molecule has 0 aliphatic heterocycles. The van der Waals surface area contributed by atoms with Crippen molar-refractivity contribution >= 4 is 46.9 Å². The van der Waals surface area contributed by atoms with Gasteiger partial charge < -0.3 is 4.74 Å². The lowest BCUT2D eigenvalue weighted by atomic mass is 10.0. The quantitative estimate of drug-likeness (QED) is 0.498. The van der Waals surface area contributed by atoms with Crippen LogP contribution in [-0.2, 0) is 4.74 Å². The highest BCUT2D eigenvalue weighted by Crippen LogP contribution is 2.35. The standard InChI is InChI=1S/C19H20ClFN4O2S/c1-11-8-16(24(5)18(26)27-19(2,3)4)22-9-13(11)14-10-25(28-21)17-12(14)6-7-15(20)23-17/h6-10H,1-5H3. The van der Waals surface area contributed by atoms with Crippen molar-refractivity contribution in [1.82, 2.24) is 13.9 Å². The minimum Gasteiger partial charge on any atom is -0.443 e. The Morgan fingerprint density at radius 3 is 2.64 bits per heavy atom. The number of halogens is 2. The van der Waals surface area contributed by atoms with Gasteiger partial charge in [-0.15, -0.1) is 3.89 Å². The van der Waals surface area contributed by atoms with Crippen LogP contribution >= 0.6 is 23.9 Å². The topological polar surface area (TPSA) is 60.3 Å². The van der Waals surface area contributed by atoms with Gasteiger partial charge in [0.25, 0.3) is 0 Å². The minimum atomic E-state index is -0.597. The molecule has 6 nitrogen and oxygen atoms in total. The first kappa shape index (κ1) is 20.4. The normalized spacial score (nSPS) is 11.7. The lowest BCUT2D eigenvalue weighted by Crippen LogP contribution is -2.34. The number of fused-ring (bicyclic) bond motifs is 1. The summed E-state index contributed by atoms with van der Waals surface area (Å²) < 4.78 is 20.0. The lowest BCUT2D eigenvalue weighted by molar-refractivity contribution is 0.0588. The molecule has 0 saturated carbocycles. The van der Waals surface area contributed by atoms with Crippen molar-refractivity contribution in [2.24, 2.45) is 0 Å². The smallest absolute Gasteiger partial charge is 0.415 e. The summed E-state index contributed by atoms with van der Waals surface area (Å²) in [5, 5.41) is 1.05. The van der Waals surface area contributed by atoms with Crippen LogP contribution in [0.15, 0.2) is 30.6 Å². The summed E-state index contributed by atoms with van der Waals surface area (Å²) in [5.74, 6) is 0.459. The van der Waals surface area contributed by atoms with Gasteiger partial charge in [0.1, 0.15) is 16.6 Å². The van der Waals surface area contributed by atoms with Crippen LogP contribution in [0.4, 0.5) is 14.5 Å². The van der Waals surface area contributed by atoms with Gasteiger partial charge in [-0.3, -0.25) is 4.90 Å². The highest BCUT2D eigenvalue weighted by molar-refractivity contribution is 7.92. The van der Waals surface area contributed by atoms with Crippen LogP contribution in [0.25, 0.3) is 22.2 Å². The first-order valence-electron chi connectivity index (χ1n) is 8.51. The summed E-state index contributed by atoms with van der Waals surface area (Å²) in [5.41, 5.74) is 2.30. The Bertz CT molecular complexity index is 1050. The van der Waals surface area contributed by atoms with Crippen LogP contribution in [0.5, 0.6) is 0 Å². The molecule has 0 bridgehead atoms. The van der Waals surface area contributed by atoms with E-state index in [-0.39, 0.29) is 17.5 Å². The van der Waals surface area contributed by atoms with Crippen molar-refractivity contribution in [2.45, 2.75) is 33.3 Å². The zero-order chi connectivity index (χ0) is 20.6. The van der Waals surface area contributed by atoms with Crippen LogP contribution in [0, 0.1) is 6.92 Å². The summed E-state index contributed by atoms with van der Waals surface area (Å²) in [6.45, 7) is 7.32. The number of carbonyl (C=O) groups excluding carboxylic acids is 1. The van der Waals surface area contributed by atoms with Gasteiger partial charge in [-0.1, -0.05) is 11.6 Å². The van der Waals surface area contributed by atoms with Crippen molar-refractivity contribution < 1.29 is 13.4 Å². The Kier molecular flexibility index (Phi) is 5.54. The highest BCUT2D eigenvalue weighted by atomic mass is 35.5. The number of rotatable bonds is 3. The molecule has 0 saturated heterocycles. The van der Waals surface area contributed by atoms with E-state index in [1.54, 1.807) is 58.4 Å². The molecule has 0 radical (unpaired) electrons. The number of hydrogen-bond acceptors (Lipinski definition) is 5. The van der Waals surface area contributed by atoms with Gasteiger partial charge in [0, 0.05) is 36.0 Å². The van der Waals surface area contributed by atoms with Crippen LogP contribution < -0.4 is 4.90 Å². The monoisotopic (exact) mass is 422 g/mol. The molecule has 0 spiro atoms. The van der Waals surface area contributed by atoms with E-state index in [0.717, 1.165) is 22.1 Å². The number of hydrogen-bond donors (Lipinski definition) is 0. The average Bonchev–Trinajstić information content (AvgIpc) is 2.97. The Balaban J connectivity index is 2.00. The first-order valence-corrected chi connectivity index (χ1v) is 9.56. The molecule has 0 fully saturated rings. The second kappa shape index (κ2) is 7.60. The average molecular weight is 423 g/mol. The molecule has 28 heavy (non-hydrogen) atoms. The Morgan fingerprint density at radius 1 is 1.32 bits per heavy atom. The lowest BCUT2D eigenvalue weighted by Gasteiger charge is -2.24. The molecule has 3 aromatic heterocycles. The summed E-state index contributed by atoms with van der Waals surface area (Å²) in [4.78, 5) is 22.2. The van der Waals surface area contributed by atoms with Crippen LogP contribution in [-0.4, -0.2) is 32.7 Å². The van der Waals surface area contributed by atoms with Crippen molar-refractivity contribution in [3.8, 4) is 11.1 Å². The predicted octanol–water partition coefficient (Wildman–Crippen LogP) is 5.81. The molecule has 3 aromatic rings. The highest BCUT2D eigenvalue weighted by Gasteiger charge is 2.22. The number of ether oxygens (including phenoxy) is 1. The fraction of sp³-hybridized carbons (Fsp3) is 0.316. The van der Waals surface area contributed by atoms with Gasteiger partial charge in [0.15, 0.2) is 18.0 Å². The van der Waals surface area contributed by atoms with E-state index in [1.165, 1.54) is 8.87 Å². The first-order chi connectivity index (χ1) is 13.1. The molecule has 0 atom stereocenters. The number of carbonyl (C=O) groups is 1. The Labute approximate surface area is 172 Å². The third-order valence-corrected chi connectivity index (χ3v) is 4.70. The predicted molar refractivity (Wildman–Crippen MR) is 111 cm³/mol. The fourth-order valence-electron chi connectivity index (χ4n) is 2.75. The Morgan fingerprint density at radius 2 is 2.04 bits per heavy atom. The zero-order valence-corrected chi connectivity index (χ0v) is 17.7. The van der Waals surface area contributed by atoms with Crippen LogP contribution in [0.2, 0.25) is 5.15 Å². The van der Waals surface area contributed by atoms with E-state index in [2.05, 4.69) is 9.97 Å². The van der Waals surface area contributed by atoms with Crippen molar-refractivity contribution in [3.63, 3.8) is 0 Å². The largest absolute Gasteiger partial charge is 0.443 e. The second-order valence-electron chi connectivity index (χ2n) is 7.34. The van der Waals surface area contributed by atoms with Gasteiger partial charge >= 0.3 is 6.09 Å². The van der Waals surface area contributed by atoms with Gasteiger partial charge in [0.05, 0.1) is 0 Å². The maximum atomic E-state index is 13.3. The van der Waals surface area contributed by atoms with Crippen LogP contribution in [0.1, 0.15) is 26.3 Å². The molecular formula is C19H20ClFN4O2S. The molecule has 0 N–H and O–H groups in total. The molecular weight excluding hydrogens is 403 g/mol. The third kappa shape index (κ3) is 4.07. The van der Waals surface area contributed by atoms with Gasteiger partial charge in [-0.2, -0.15) is 0 Å². The maximum absolute atomic E-state index is 13.3. The fourth-order valence-corrected chi connectivity index (χ4v) is 3.24. The number of nitrogens with zero attached hydrogens (tertiary/aromatic N) is 4. The molecule has 0 aromatic carbocycles. The molecule has 3 rings (SSSR count). The van der Waals surface area contributed by atoms with Gasteiger partial charge in [-0.05, 0) is 51.5 Å². The van der Waals surface area contributed by atoms with Crippen molar-refractivity contribution in [1.29, 1.82) is 0 Å². The third-order valence-electron chi connectivity index (χ3n) is 4.06. The number of pyridine rings is 2. The van der Waals surface area contributed by atoms with E-state index in [1.807, 2.05) is 6.92 Å². The molecule has 0 unspecified atom stereocenters. The molecule has 0 aliphatic carbocycles. The van der Waals surface area contributed by atoms with E-state index >= 15 is 0 Å². The van der Waals surface area contributed by atoms with E-state index in [0.29, 0.717) is 11.5 Å². The minimum absolute atomic E-state index is 0.0512. The molecule has 9 heteroatoms. The SMILES string of the molecule is Cc1cc(N(C)C(=O)OC(C)(C)C)ncc1-c1cn(SF)c2nc(Cl)ccc12. The zero-order valence-electron chi connectivity index (χ0n) is 16.2. The number of aromatic nitrogens is 3. The number of amides is 1. The van der Waals surface area contributed by atoms with E-state index in [9.17, 15) is 8.68 Å². The number of aryl methyl sites for hydroxylation is 1. The molecule has 0 aliphatic rings. The van der Waals surface area contributed by atoms with Gasteiger partial charge in [0.2, 0.25) is 0 Å². The van der Waals surface area contributed by atoms with Crippen LogP contribution in [0.3, 0.4) is 0 Å². The summed E-state index contributed by atoms with van der Waals surface area (Å²) >= 11 is 6.00.